The molecule has 0 aromatic heterocycles. The van der Waals surface area contributed by atoms with Gasteiger partial charge in [-0.05, 0) is 50.6 Å². The predicted molar refractivity (Wildman–Crippen MR) is 88.1 cm³/mol. The van der Waals surface area contributed by atoms with Crippen LogP contribution in [0.5, 0.6) is 5.75 Å². The summed E-state index contributed by atoms with van der Waals surface area (Å²) in [6.45, 7) is 5.37. The lowest BCUT2D eigenvalue weighted by molar-refractivity contribution is 0.0318. The van der Waals surface area contributed by atoms with E-state index in [2.05, 4.69) is 0 Å². The van der Waals surface area contributed by atoms with Crippen molar-refractivity contribution in [3.63, 3.8) is 0 Å². The maximum Gasteiger partial charge on any atom is 0.338 e. The summed E-state index contributed by atoms with van der Waals surface area (Å²) in [5, 5.41) is 0. The SMILES string of the molecule is COc1cccc(C(=O)O[C@@H](C)C(=O)c2cc(C)ccc2C)c1. The van der Waals surface area contributed by atoms with E-state index in [-0.39, 0.29) is 5.78 Å². The van der Waals surface area contributed by atoms with Gasteiger partial charge in [-0.2, -0.15) is 0 Å². The monoisotopic (exact) mass is 312 g/mol. The van der Waals surface area contributed by atoms with E-state index in [4.69, 9.17) is 9.47 Å². The van der Waals surface area contributed by atoms with Gasteiger partial charge in [-0.3, -0.25) is 4.79 Å². The Kier molecular flexibility index (Phi) is 5.16. The first-order valence-electron chi connectivity index (χ1n) is 7.39. The fourth-order valence-electron chi connectivity index (χ4n) is 2.25. The van der Waals surface area contributed by atoms with Crippen molar-refractivity contribution in [2.75, 3.05) is 7.11 Å². The number of carbonyl (C=O) groups is 2. The number of benzene rings is 2. The molecule has 0 saturated carbocycles. The van der Waals surface area contributed by atoms with E-state index in [1.165, 1.54) is 7.11 Å². The minimum Gasteiger partial charge on any atom is -0.497 e. The van der Waals surface area contributed by atoms with Gasteiger partial charge in [0.25, 0.3) is 0 Å². The number of hydrogen-bond acceptors (Lipinski definition) is 4. The molecule has 0 bridgehead atoms. The zero-order valence-corrected chi connectivity index (χ0v) is 13.8. The van der Waals surface area contributed by atoms with Gasteiger partial charge >= 0.3 is 5.97 Å². The lowest BCUT2D eigenvalue weighted by Gasteiger charge is -2.14. The molecule has 0 saturated heterocycles. The quantitative estimate of drug-likeness (QED) is 0.623. The van der Waals surface area contributed by atoms with Crippen LogP contribution in [0.1, 0.15) is 38.8 Å². The van der Waals surface area contributed by atoms with Gasteiger partial charge in [0.15, 0.2) is 6.10 Å². The fraction of sp³-hybridized carbons (Fsp3) is 0.263. The summed E-state index contributed by atoms with van der Waals surface area (Å²) in [5.41, 5.74) is 2.79. The van der Waals surface area contributed by atoms with Crippen LogP contribution in [-0.2, 0) is 4.74 Å². The van der Waals surface area contributed by atoms with Crippen molar-refractivity contribution in [2.24, 2.45) is 0 Å². The number of esters is 1. The topological polar surface area (TPSA) is 52.6 Å². The minimum absolute atomic E-state index is 0.206. The summed E-state index contributed by atoms with van der Waals surface area (Å²) in [6, 6.07) is 12.3. The van der Waals surface area contributed by atoms with E-state index in [1.807, 2.05) is 32.0 Å². The Morgan fingerprint density at radius 3 is 2.48 bits per heavy atom. The number of rotatable bonds is 5. The number of ketones is 1. The minimum atomic E-state index is -0.853. The van der Waals surface area contributed by atoms with Crippen LogP contribution in [0.2, 0.25) is 0 Å². The molecule has 2 rings (SSSR count). The Morgan fingerprint density at radius 1 is 1.04 bits per heavy atom. The molecule has 0 unspecified atom stereocenters. The Morgan fingerprint density at radius 2 is 1.78 bits per heavy atom. The summed E-state index contributed by atoms with van der Waals surface area (Å²) < 4.78 is 10.4. The lowest BCUT2D eigenvalue weighted by atomic mass is 9.99. The molecule has 0 aliphatic rings. The second kappa shape index (κ2) is 7.09. The summed E-state index contributed by atoms with van der Waals surface area (Å²) in [4.78, 5) is 24.7. The molecule has 1 atom stereocenters. The van der Waals surface area contributed by atoms with Gasteiger partial charge < -0.3 is 9.47 Å². The van der Waals surface area contributed by atoms with Crippen molar-refractivity contribution >= 4 is 11.8 Å². The summed E-state index contributed by atoms with van der Waals surface area (Å²) in [7, 11) is 1.52. The third kappa shape index (κ3) is 3.97. The van der Waals surface area contributed by atoms with E-state index in [9.17, 15) is 9.59 Å². The van der Waals surface area contributed by atoms with Gasteiger partial charge in [0, 0.05) is 5.56 Å². The van der Waals surface area contributed by atoms with Crippen molar-refractivity contribution in [3.05, 3.63) is 64.7 Å². The van der Waals surface area contributed by atoms with Crippen molar-refractivity contribution in [2.45, 2.75) is 26.9 Å². The Balaban J connectivity index is 2.14. The van der Waals surface area contributed by atoms with Gasteiger partial charge in [0.2, 0.25) is 5.78 Å². The molecule has 4 nitrogen and oxygen atoms in total. The van der Waals surface area contributed by atoms with Crippen LogP contribution in [-0.4, -0.2) is 25.0 Å². The molecule has 0 N–H and O–H groups in total. The molecule has 23 heavy (non-hydrogen) atoms. The van der Waals surface area contributed by atoms with E-state index in [0.29, 0.717) is 16.9 Å². The van der Waals surface area contributed by atoms with Gasteiger partial charge in [0.1, 0.15) is 5.75 Å². The first-order chi connectivity index (χ1) is 10.9. The van der Waals surface area contributed by atoms with Crippen LogP contribution in [0.15, 0.2) is 42.5 Å². The number of Topliss-reactive ketones (excluding diaryl/α,β-unsaturated/α-hetero) is 1. The zero-order valence-electron chi connectivity index (χ0n) is 13.8. The third-order valence-corrected chi connectivity index (χ3v) is 3.62. The molecular formula is C19H20O4. The highest BCUT2D eigenvalue weighted by atomic mass is 16.5. The number of methoxy groups -OCH3 is 1. The second-order valence-electron chi connectivity index (χ2n) is 5.46. The van der Waals surface area contributed by atoms with Crippen molar-refractivity contribution in [1.82, 2.24) is 0 Å². The molecule has 0 aliphatic heterocycles. The smallest absolute Gasteiger partial charge is 0.338 e. The van der Waals surface area contributed by atoms with Gasteiger partial charge in [-0.1, -0.05) is 23.8 Å². The lowest BCUT2D eigenvalue weighted by Crippen LogP contribution is -2.25. The molecule has 2 aromatic rings. The number of ether oxygens (including phenoxy) is 2. The van der Waals surface area contributed by atoms with Crippen molar-refractivity contribution < 1.29 is 19.1 Å². The van der Waals surface area contributed by atoms with Gasteiger partial charge in [0.05, 0.1) is 12.7 Å². The van der Waals surface area contributed by atoms with Crippen LogP contribution >= 0.6 is 0 Å². The zero-order chi connectivity index (χ0) is 17.0. The molecule has 0 amide bonds. The van der Waals surface area contributed by atoms with E-state index in [0.717, 1.165) is 11.1 Å². The first kappa shape index (κ1) is 16.7. The van der Waals surface area contributed by atoms with Crippen molar-refractivity contribution in [1.29, 1.82) is 0 Å². The summed E-state index contributed by atoms with van der Waals surface area (Å²) >= 11 is 0. The van der Waals surface area contributed by atoms with Gasteiger partial charge in [-0.15, -0.1) is 0 Å². The average molecular weight is 312 g/mol. The Bertz CT molecular complexity index is 734. The van der Waals surface area contributed by atoms with E-state index < -0.39 is 12.1 Å². The van der Waals surface area contributed by atoms with Crippen LogP contribution < -0.4 is 4.74 Å². The number of hydrogen-bond donors (Lipinski definition) is 0. The summed E-state index contributed by atoms with van der Waals surface area (Å²) in [6.07, 6.45) is -0.853. The predicted octanol–water partition coefficient (Wildman–Crippen LogP) is 3.74. The molecule has 120 valence electrons. The number of carbonyl (C=O) groups excluding carboxylic acids is 2. The molecule has 0 aliphatic carbocycles. The average Bonchev–Trinajstić information content (AvgIpc) is 2.56. The van der Waals surface area contributed by atoms with Crippen LogP contribution in [0.25, 0.3) is 0 Å². The highest BCUT2D eigenvalue weighted by molar-refractivity contribution is 6.02. The molecule has 0 radical (unpaired) electrons. The Hall–Kier alpha value is -2.62. The molecule has 0 fully saturated rings. The van der Waals surface area contributed by atoms with Crippen molar-refractivity contribution in [3.8, 4) is 5.75 Å². The molecule has 0 spiro atoms. The van der Waals surface area contributed by atoms with E-state index >= 15 is 0 Å². The third-order valence-electron chi connectivity index (χ3n) is 3.62. The highest BCUT2D eigenvalue weighted by Crippen LogP contribution is 2.17. The molecule has 0 heterocycles. The standard InChI is InChI=1S/C19H20O4/c1-12-8-9-13(2)17(10-12)18(20)14(3)23-19(21)15-6-5-7-16(11-15)22-4/h5-11,14H,1-4H3/t14-/m0/s1. The number of aryl methyl sites for hydroxylation is 2. The second-order valence-corrected chi connectivity index (χ2v) is 5.46. The molecular weight excluding hydrogens is 292 g/mol. The highest BCUT2D eigenvalue weighted by Gasteiger charge is 2.22. The summed E-state index contributed by atoms with van der Waals surface area (Å²) in [5.74, 6) is -0.189. The van der Waals surface area contributed by atoms with Crippen LogP contribution in [0.3, 0.4) is 0 Å². The Labute approximate surface area is 136 Å². The first-order valence-corrected chi connectivity index (χ1v) is 7.39. The fourth-order valence-corrected chi connectivity index (χ4v) is 2.25. The van der Waals surface area contributed by atoms with Crippen LogP contribution in [0.4, 0.5) is 0 Å². The maximum atomic E-state index is 12.5. The van der Waals surface area contributed by atoms with Crippen LogP contribution in [0, 0.1) is 13.8 Å². The maximum absolute atomic E-state index is 12.5. The van der Waals surface area contributed by atoms with E-state index in [1.54, 1.807) is 31.2 Å². The normalized spacial score (nSPS) is 11.7. The largest absolute Gasteiger partial charge is 0.497 e. The van der Waals surface area contributed by atoms with Gasteiger partial charge in [-0.25, -0.2) is 4.79 Å². The molecule has 4 heteroatoms. The molecule has 2 aromatic carbocycles.